The minimum atomic E-state index is -0.292. The number of nitrogens with zero attached hydrogens (tertiary/aromatic N) is 2. The predicted octanol–water partition coefficient (Wildman–Crippen LogP) is 39.2. The van der Waals surface area contributed by atoms with Crippen LogP contribution in [0, 0.1) is 6.92 Å². The highest BCUT2D eigenvalue weighted by atomic mass is 16.3. The third-order valence-electron chi connectivity index (χ3n) is 37.0. The summed E-state index contributed by atoms with van der Waals surface area (Å²) in [6.45, 7) is 41.2. The van der Waals surface area contributed by atoms with Crippen molar-refractivity contribution in [2.75, 3.05) is 9.80 Å². The van der Waals surface area contributed by atoms with E-state index >= 15 is 0 Å². The van der Waals surface area contributed by atoms with Crippen molar-refractivity contribution in [2.24, 2.45) is 0 Å². The van der Waals surface area contributed by atoms with Gasteiger partial charge < -0.3 is 18.6 Å². The lowest BCUT2D eigenvalue weighted by Crippen LogP contribution is -2.24. The Morgan fingerprint density at radius 3 is 1.10 bits per heavy atom. The first-order valence-corrected chi connectivity index (χ1v) is 52.8. The van der Waals surface area contributed by atoms with Gasteiger partial charge >= 0.3 is 0 Å². The van der Waals surface area contributed by atoms with Crippen LogP contribution in [-0.2, 0) is 43.3 Å². The largest absolute Gasteiger partial charge is 0.454 e. The summed E-state index contributed by atoms with van der Waals surface area (Å²) in [7, 11) is 0. The molecule has 0 amide bonds. The topological polar surface area (TPSA) is 32.8 Å². The molecule has 2 aromatic heterocycles. The lowest BCUT2D eigenvalue weighted by atomic mass is 9.72. The van der Waals surface area contributed by atoms with Crippen LogP contribution in [0.1, 0.15) is 205 Å². The minimum Gasteiger partial charge on any atom is -0.454 e. The fourth-order valence-electron chi connectivity index (χ4n) is 30.0. The van der Waals surface area contributed by atoms with Crippen molar-refractivity contribution in [3.8, 4) is 100 Å². The van der Waals surface area contributed by atoms with Crippen LogP contribution in [0.2, 0.25) is 0 Å². The zero-order valence-electron chi connectivity index (χ0n) is 86.4. The van der Waals surface area contributed by atoms with Gasteiger partial charge in [0.2, 0.25) is 0 Å². The van der Waals surface area contributed by atoms with E-state index in [1.165, 1.54) is 221 Å². The molecule has 0 aliphatic heterocycles. The van der Waals surface area contributed by atoms with Gasteiger partial charge in [-0.25, -0.2) is 0 Å². The van der Waals surface area contributed by atoms with Crippen LogP contribution in [0.3, 0.4) is 0 Å². The molecule has 8 aliphatic rings. The fraction of sp³-hybridized carbons (Fsp3) is 0.175. The highest BCUT2D eigenvalue weighted by Crippen LogP contribution is 2.68. The Kier molecular flexibility index (Phi) is 17.1. The van der Waals surface area contributed by atoms with Crippen LogP contribution in [0.4, 0.5) is 34.1 Å². The number of rotatable bonds is 7. The molecule has 23 aromatic rings. The maximum atomic E-state index is 7.35. The fourth-order valence-corrected chi connectivity index (χ4v) is 30.0. The van der Waals surface area contributed by atoms with Crippen LogP contribution in [0.15, 0.2) is 379 Å². The molecular formula is C143H112N2O2. The number of fused-ring (bicyclic) bond motifs is 40. The first-order valence-electron chi connectivity index (χ1n) is 52.8. The summed E-state index contributed by atoms with van der Waals surface area (Å²) in [5.41, 5.74) is 56.0. The molecule has 31 rings (SSSR count). The van der Waals surface area contributed by atoms with Crippen molar-refractivity contribution < 1.29 is 8.83 Å². The molecule has 0 radical (unpaired) electrons. The molecule has 0 atom stereocenters. The Labute approximate surface area is 859 Å². The van der Waals surface area contributed by atoms with E-state index in [1.54, 1.807) is 0 Å². The van der Waals surface area contributed by atoms with Crippen molar-refractivity contribution in [3.05, 3.63) is 465 Å². The van der Waals surface area contributed by atoms with Crippen LogP contribution >= 0.6 is 0 Å². The summed E-state index contributed by atoms with van der Waals surface area (Å²) in [5.74, 6) is 0. The van der Waals surface area contributed by atoms with E-state index in [9.17, 15) is 0 Å². The molecule has 0 N–H and O–H groups in total. The second-order valence-corrected chi connectivity index (χ2v) is 47.6. The molecule has 4 nitrogen and oxygen atoms in total. The van der Waals surface area contributed by atoms with Crippen molar-refractivity contribution in [1.82, 2.24) is 0 Å². The molecular weight excluding hydrogens is 1780 g/mol. The van der Waals surface area contributed by atoms with E-state index in [0.29, 0.717) is 0 Å². The van der Waals surface area contributed by atoms with Gasteiger partial charge in [0.1, 0.15) is 11.2 Å². The Balaban J connectivity index is 0.000000136. The van der Waals surface area contributed by atoms with Crippen LogP contribution in [-0.4, -0.2) is 0 Å². The number of furan rings is 2. The molecule has 147 heavy (non-hydrogen) atoms. The van der Waals surface area contributed by atoms with Gasteiger partial charge in [-0.15, -0.1) is 0 Å². The van der Waals surface area contributed by atoms with Crippen LogP contribution in [0.25, 0.3) is 187 Å². The third kappa shape index (κ3) is 11.2. The van der Waals surface area contributed by atoms with E-state index in [1.807, 2.05) is 0 Å². The molecule has 0 spiro atoms. The number of benzene rings is 21. The van der Waals surface area contributed by atoms with Gasteiger partial charge in [-0.05, 0) is 301 Å². The Bertz CT molecular complexity index is 9950. The molecule has 4 heteroatoms. The Morgan fingerprint density at radius 2 is 0.497 bits per heavy atom. The van der Waals surface area contributed by atoms with E-state index in [4.69, 9.17) is 8.83 Å². The molecule has 0 saturated carbocycles. The zero-order valence-corrected chi connectivity index (χ0v) is 86.4. The summed E-state index contributed by atoms with van der Waals surface area (Å²) in [6, 6.07) is 141. The minimum absolute atomic E-state index is 0.108. The van der Waals surface area contributed by atoms with E-state index in [0.717, 1.165) is 94.7 Å². The summed E-state index contributed by atoms with van der Waals surface area (Å²) in [5, 5.41) is 14.7. The maximum absolute atomic E-state index is 7.35. The molecule has 0 unspecified atom stereocenters. The van der Waals surface area contributed by atoms with E-state index in [2.05, 4.69) is 498 Å². The van der Waals surface area contributed by atoms with Gasteiger partial charge in [-0.3, -0.25) is 0 Å². The Hall–Kier alpha value is -16.1. The van der Waals surface area contributed by atoms with Crippen molar-refractivity contribution in [2.45, 2.75) is 161 Å². The van der Waals surface area contributed by atoms with Gasteiger partial charge in [0.15, 0.2) is 11.2 Å². The van der Waals surface area contributed by atoms with Crippen LogP contribution in [0.5, 0.6) is 0 Å². The monoisotopic (exact) mass is 1890 g/mol. The van der Waals surface area contributed by atoms with Gasteiger partial charge in [0, 0.05) is 92.6 Å². The summed E-state index contributed by atoms with van der Waals surface area (Å²) >= 11 is 0. The average Bonchev–Trinajstić information content (AvgIpc) is 1.56. The van der Waals surface area contributed by atoms with E-state index in [-0.39, 0.29) is 43.3 Å². The lowest BCUT2D eigenvalue weighted by Gasteiger charge is -2.33. The first-order chi connectivity index (χ1) is 70.9. The Morgan fingerprint density at radius 1 is 0.170 bits per heavy atom. The summed E-state index contributed by atoms with van der Waals surface area (Å²) in [6.07, 6.45) is 0. The first kappa shape index (κ1) is 86.4. The second kappa shape index (κ2) is 29.2. The predicted molar refractivity (Wildman–Crippen MR) is 618 cm³/mol. The smallest absolute Gasteiger partial charge is 0.159 e. The van der Waals surface area contributed by atoms with Crippen molar-refractivity contribution in [3.63, 3.8) is 0 Å². The van der Waals surface area contributed by atoms with Crippen molar-refractivity contribution in [1.29, 1.82) is 0 Å². The normalized spacial score (nSPS) is 16.2. The summed E-state index contributed by atoms with van der Waals surface area (Å²) in [4.78, 5) is 5.08. The molecule has 8 aliphatic carbocycles. The highest BCUT2D eigenvalue weighted by molar-refractivity contribution is 6.20. The molecule has 706 valence electrons. The molecule has 0 bridgehead atoms. The van der Waals surface area contributed by atoms with Crippen LogP contribution < -0.4 is 9.80 Å². The SMILES string of the molecule is CC1(C)c2ccccc2-c2cc3c(cc21)-c1c(cc(N(c2ccc4c(c2)C(C)(C)c2cc5c(cc2-4)C(C)(C)c2c-5ccc4ccccc24)c2cccc4c2oc2c(-c5ccccc5)cccc24)c2ccccc12)C3(C)C.Cc1cccc2c1oc1c(N(c3ccc4c(c3)C(C)(C)c3c-4ccc4c3C(C)(C)c3ccc5ccccc5c3-4)c3cc4c(c5ccccc35)-c3ccc5c(c3C4(C)C)C(C)(C)c3ccccc3-5)cccc12. The van der Waals surface area contributed by atoms with Gasteiger partial charge in [0.05, 0.1) is 22.7 Å². The molecule has 2 heterocycles. The van der Waals surface area contributed by atoms with E-state index < -0.39 is 0 Å². The standard InChI is InChI=1S/C74H57NO.C69H55NO/c1-71(2)58-30-17-16-24-47(58)54-38-63-57(40-61(54)71)67-50-26-15-14-25-49(50)66(41-64(67)73(63,5)6)75(65-31-19-29-53-52-28-18-27-46(69(52)76-70(53)65)42-20-10-9-11-21-42)44-33-35-48-55-37-62-56(39-60(55)72(3,4)59(48)36-44)51-34-32-43-22-12-13-23-45(43)68(51)74(62,7)8;1-38-18-16-24-48-49-25-17-27-56(65(49)71-64(38)48)70(40-29-30-43-47-32-33-50-58-41-20-11-10-19-39(41)28-35-53(58)67(4,5)62(50)61(47)68(6,7)54(43)36-40)57-37-55-59(45-23-13-12-22-44(45)57)51-34-31-46-42-21-14-15-26-52(42)66(2,3)60(46)63(51)69(55,8)9/h9-41H,1-8H3;10-37H,1-9H3. The molecule has 0 saturated heterocycles. The number of para-hydroxylation sites is 4. The quantitative estimate of drug-likeness (QED) is 0.159. The van der Waals surface area contributed by atoms with Gasteiger partial charge in [-0.2, -0.15) is 0 Å². The van der Waals surface area contributed by atoms with Crippen molar-refractivity contribution >= 4 is 121 Å². The molecule has 0 fully saturated rings. The summed E-state index contributed by atoms with van der Waals surface area (Å²) < 4.78 is 14.5. The van der Waals surface area contributed by atoms with Gasteiger partial charge in [-0.1, -0.05) is 408 Å². The number of hydrogen-bond acceptors (Lipinski definition) is 4. The maximum Gasteiger partial charge on any atom is 0.159 e. The van der Waals surface area contributed by atoms with Gasteiger partial charge in [0.25, 0.3) is 0 Å². The number of hydrogen-bond donors (Lipinski definition) is 0. The lowest BCUT2D eigenvalue weighted by molar-refractivity contribution is 0.601. The molecule has 21 aromatic carbocycles. The number of anilines is 6. The average molecular weight is 1890 g/mol. The zero-order chi connectivity index (χ0) is 99.6. The highest BCUT2D eigenvalue weighted by Gasteiger charge is 2.52. The third-order valence-corrected chi connectivity index (χ3v) is 37.0. The second-order valence-electron chi connectivity index (χ2n) is 47.6. The number of aryl methyl sites for hydroxylation is 1.